The van der Waals surface area contributed by atoms with Gasteiger partial charge in [-0.15, -0.1) is 0 Å². The summed E-state index contributed by atoms with van der Waals surface area (Å²) in [6.45, 7) is 12.7. The first-order valence-electron chi connectivity index (χ1n) is 10.0. The Labute approximate surface area is 186 Å². The van der Waals surface area contributed by atoms with Crippen LogP contribution in [0.1, 0.15) is 73.4 Å². The third kappa shape index (κ3) is 3.27. The van der Waals surface area contributed by atoms with E-state index in [0.717, 1.165) is 43.4 Å². The molecule has 4 rings (SSSR count). The van der Waals surface area contributed by atoms with E-state index >= 15 is 0 Å². The van der Waals surface area contributed by atoms with E-state index in [1.165, 1.54) is 0 Å². The van der Waals surface area contributed by atoms with Crippen LogP contribution in [0.25, 0.3) is 32.3 Å². The molecule has 0 saturated heterocycles. The van der Waals surface area contributed by atoms with Crippen LogP contribution in [0.15, 0.2) is 36.4 Å². The Hall–Kier alpha value is -2.16. The third-order valence-electron chi connectivity index (χ3n) is 5.92. The van der Waals surface area contributed by atoms with E-state index in [1.54, 1.807) is 0 Å². The summed E-state index contributed by atoms with van der Waals surface area (Å²) in [7, 11) is 0. The lowest BCUT2D eigenvalue weighted by molar-refractivity contribution is 0.107. The van der Waals surface area contributed by atoms with Crippen LogP contribution in [0.3, 0.4) is 0 Å². The molecule has 0 radical (unpaired) electrons. The lowest BCUT2D eigenvalue weighted by Crippen LogP contribution is -2.13. The Balaban J connectivity index is 2.33. The molecule has 0 bridgehead atoms. The Morgan fingerprint density at radius 2 is 0.933 bits per heavy atom. The molecule has 0 aliphatic rings. The van der Waals surface area contributed by atoms with Crippen LogP contribution in [0, 0.1) is 0 Å². The van der Waals surface area contributed by atoms with E-state index in [4.69, 9.17) is 23.2 Å². The molecule has 0 fully saturated rings. The highest BCUT2D eigenvalue weighted by atomic mass is 35.5. The number of hydrogen-bond acceptors (Lipinski definition) is 2. The van der Waals surface area contributed by atoms with Gasteiger partial charge >= 0.3 is 0 Å². The minimum absolute atomic E-state index is 0.137. The molecular weight excluding hydrogens is 415 g/mol. The third-order valence-corrected chi connectivity index (χ3v) is 6.33. The fourth-order valence-electron chi connectivity index (χ4n) is 4.20. The van der Waals surface area contributed by atoms with E-state index in [1.807, 2.05) is 12.1 Å². The molecule has 0 saturated carbocycles. The van der Waals surface area contributed by atoms with Gasteiger partial charge in [-0.1, -0.05) is 53.7 Å². The molecule has 2 nitrogen and oxygen atoms in total. The van der Waals surface area contributed by atoms with Crippen molar-refractivity contribution in [2.75, 3.05) is 0 Å². The van der Waals surface area contributed by atoms with Crippen molar-refractivity contribution < 1.29 is 9.59 Å². The Kier molecular flexibility index (Phi) is 4.69. The SMILES string of the molecule is CC(C)(C)c1cc2cc(C(=O)Cl)c3cc(C(C)(C)C)cc4cc(C(=O)Cl)c(c1)c2c43. The topological polar surface area (TPSA) is 34.1 Å². The van der Waals surface area contributed by atoms with Crippen molar-refractivity contribution in [1.82, 2.24) is 0 Å². The van der Waals surface area contributed by atoms with Gasteiger partial charge in [-0.2, -0.15) is 0 Å². The summed E-state index contributed by atoms with van der Waals surface area (Å²) >= 11 is 12.1. The minimum Gasteiger partial charge on any atom is -0.276 e. The Morgan fingerprint density at radius 3 is 1.20 bits per heavy atom. The van der Waals surface area contributed by atoms with Gasteiger partial charge in [0.15, 0.2) is 0 Å². The van der Waals surface area contributed by atoms with Crippen LogP contribution >= 0.6 is 23.2 Å². The zero-order chi connectivity index (χ0) is 22.2. The molecule has 0 aromatic heterocycles. The molecule has 4 heteroatoms. The summed E-state index contributed by atoms with van der Waals surface area (Å²) < 4.78 is 0. The predicted molar refractivity (Wildman–Crippen MR) is 128 cm³/mol. The fraction of sp³-hybridized carbons (Fsp3) is 0.308. The van der Waals surface area contributed by atoms with E-state index < -0.39 is 10.5 Å². The van der Waals surface area contributed by atoms with Gasteiger partial charge in [0, 0.05) is 11.1 Å². The number of rotatable bonds is 2. The van der Waals surface area contributed by atoms with Crippen molar-refractivity contribution >= 4 is 66.0 Å². The lowest BCUT2D eigenvalue weighted by atomic mass is 9.79. The van der Waals surface area contributed by atoms with Crippen LogP contribution in [-0.2, 0) is 10.8 Å². The maximum absolute atomic E-state index is 12.4. The van der Waals surface area contributed by atoms with Gasteiger partial charge in [0.05, 0.1) is 0 Å². The van der Waals surface area contributed by atoms with Crippen LogP contribution in [-0.4, -0.2) is 10.5 Å². The number of carbonyl (C=O) groups is 2. The van der Waals surface area contributed by atoms with Crippen LogP contribution in [0.4, 0.5) is 0 Å². The monoisotopic (exact) mass is 438 g/mol. The molecular formula is C26H24Cl2O2. The summed E-state index contributed by atoms with van der Waals surface area (Å²) in [5.41, 5.74) is 2.82. The standard InChI is InChI=1S/C26H24Cl2O2/c1-25(2,3)15-7-13-9-20(24(28)30)18-12-16(26(4,5)6)8-14-10-19(23(27)29)17(11-15)21(13)22(14)18/h7-12H,1-6H3. The quantitative estimate of drug-likeness (QED) is 0.235. The molecule has 0 atom stereocenters. The number of halogens is 2. The molecule has 0 aliphatic heterocycles. The van der Waals surface area contributed by atoms with E-state index in [9.17, 15) is 9.59 Å². The molecule has 0 N–H and O–H groups in total. The predicted octanol–water partition coefficient (Wildman–Crippen LogP) is 7.94. The zero-order valence-electron chi connectivity index (χ0n) is 18.0. The summed E-state index contributed by atoms with van der Waals surface area (Å²) in [5, 5.41) is 4.33. The van der Waals surface area contributed by atoms with Crippen molar-refractivity contribution in [2.45, 2.75) is 52.4 Å². The zero-order valence-corrected chi connectivity index (χ0v) is 19.5. The first kappa shape index (κ1) is 21.1. The highest BCUT2D eigenvalue weighted by molar-refractivity contribution is 6.70. The van der Waals surface area contributed by atoms with E-state index in [-0.39, 0.29) is 10.8 Å². The number of benzene rings is 4. The van der Waals surface area contributed by atoms with Crippen LogP contribution in [0.2, 0.25) is 0 Å². The highest BCUT2D eigenvalue weighted by Crippen LogP contribution is 2.43. The Bertz CT molecular complexity index is 1250. The normalized spacial score (nSPS) is 12.9. The second-order valence-corrected chi connectivity index (χ2v) is 10.8. The minimum atomic E-state index is -0.486. The van der Waals surface area contributed by atoms with E-state index in [0.29, 0.717) is 11.1 Å². The summed E-state index contributed by atoms with van der Waals surface area (Å²) in [6.07, 6.45) is 0. The molecule has 0 amide bonds. The van der Waals surface area contributed by atoms with Gasteiger partial charge in [0.1, 0.15) is 0 Å². The number of hydrogen-bond donors (Lipinski definition) is 0. The van der Waals surface area contributed by atoms with Crippen LogP contribution < -0.4 is 0 Å². The van der Waals surface area contributed by atoms with Gasteiger partial charge in [-0.05, 0) is 102 Å². The number of carbonyl (C=O) groups excluding carboxylic acids is 2. The largest absolute Gasteiger partial charge is 0.276 e. The molecule has 30 heavy (non-hydrogen) atoms. The molecule has 4 aromatic carbocycles. The average Bonchev–Trinajstić information content (AvgIpc) is 2.62. The summed E-state index contributed by atoms with van der Waals surface area (Å²) in [5.74, 6) is 0. The maximum Gasteiger partial charge on any atom is 0.253 e. The smallest absolute Gasteiger partial charge is 0.253 e. The average molecular weight is 439 g/mol. The lowest BCUT2D eigenvalue weighted by Gasteiger charge is -2.25. The second kappa shape index (κ2) is 6.67. The summed E-state index contributed by atoms with van der Waals surface area (Å²) in [4.78, 5) is 24.8. The highest BCUT2D eigenvalue weighted by Gasteiger charge is 2.25. The first-order chi connectivity index (χ1) is 13.8. The van der Waals surface area contributed by atoms with Gasteiger partial charge in [0.25, 0.3) is 10.5 Å². The molecule has 0 unspecified atom stereocenters. The molecule has 4 aromatic rings. The van der Waals surface area contributed by atoms with Crippen molar-refractivity contribution in [3.8, 4) is 0 Å². The molecule has 0 aliphatic carbocycles. The first-order valence-corrected chi connectivity index (χ1v) is 10.8. The molecule has 0 spiro atoms. The van der Waals surface area contributed by atoms with Crippen molar-refractivity contribution in [3.05, 3.63) is 58.7 Å². The Morgan fingerprint density at radius 1 is 0.600 bits per heavy atom. The van der Waals surface area contributed by atoms with Gasteiger partial charge < -0.3 is 0 Å². The maximum atomic E-state index is 12.4. The van der Waals surface area contributed by atoms with Crippen LogP contribution in [0.5, 0.6) is 0 Å². The molecule has 154 valence electrons. The van der Waals surface area contributed by atoms with Gasteiger partial charge in [0.2, 0.25) is 0 Å². The summed E-state index contributed by atoms with van der Waals surface area (Å²) in [6, 6.07) is 12.0. The van der Waals surface area contributed by atoms with Crippen molar-refractivity contribution in [3.63, 3.8) is 0 Å². The van der Waals surface area contributed by atoms with Gasteiger partial charge in [-0.3, -0.25) is 9.59 Å². The van der Waals surface area contributed by atoms with Crippen molar-refractivity contribution in [2.24, 2.45) is 0 Å². The van der Waals surface area contributed by atoms with Crippen molar-refractivity contribution in [1.29, 1.82) is 0 Å². The second-order valence-electron chi connectivity index (χ2n) is 10.1. The molecule has 0 heterocycles. The van der Waals surface area contributed by atoms with Gasteiger partial charge in [-0.25, -0.2) is 0 Å². The fourth-order valence-corrected chi connectivity index (χ4v) is 4.51. The van der Waals surface area contributed by atoms with E-state index in [2.05, 4.69) is 65.8 Å².